The number of carbonyl (C=O) groups is 1. The number of benzene rings is 2. The highest BCUT2D eigenvalue weighted by Crippen LogP contribution is 2.22. The summed E-state index contributed by atoms with van der Waals surface area (Å²) in [7, 11) is 1.77. The molecule has 0 saturated heterocycles. The van der Waals surface area contributed by atoms with Crippen LogP contribution in [0.2, 0.25) is 0 Å². The highest BCUT2D eigenvalue weighted by molar-refractivity contribution is 7.80. The van der Waals surface area contributed by atoms with Gasteiger partial charge >= 0.3 is 6.03 Å². The minimum absolute atomic E-state index is 0.0599. The maximum Gasteiger partial charge on any atom is 0.324 e. The first-order valence-electron chi connectivity index (χ1n) is 8.66. The standard InChI is InChI=1S/C20H26N2O3S/c1-6-21(5)20(23)22(7-2)17-8-10-19(11-9-17)26(24)25-18-13-15(3)12-16(4)14-18/h8-14H,6-7H2,1-5H3. The van der Waals surface area contributed by atoms with Gasteiger partial charge in [-0.1, -0.05) is 6.07 Å². The summed E-state index contributed by atoms with van der Waals surface area (Å²) in [6.07, 6.45) is 0. The van der Waals surface area contributed by atoms with Crippen LogP contribution in [0.5, 0.6) is 5.75 Å². The SMILES string of the molecule is CCN(C)C(=O)N(CC)c1ccc(S(=O)Oc2cc(C)cc(C)c2)cc1. The van der Waals surface area contributed by atoms with Crippen LogP contribution in [0.15, 0.2) is 47.4 Å². The van der Waals surface area contributed by atoms with Crippen molar-refractivity contribution in [1.82, 2.24) is 4.90 Å². The molecule has 2 aromatic rings. The van der Waals surface area contributed by atoms with Crippen molar-refractivity contribution in [2.24, 2.45) is 0 Å². The topological polar surface area (TPSA) is 49.9 Å². The molecule has 2 aromatic carbocycles. The smallest absolute Gasteiger partial charge is 0.324 e. The van der Waals surface area contributed by atoms with Crippen molar-refractivity contribution in [3.63, 3.8) is 0 Å². The molecule has 0 aliphatic rings. The van der Waals surface area contributed by atoms with Crippen LogP contribution in [0.4, 0.5) is 10.5 Å². The Morgan fingerprint density at radius 2 is 1.58 bits per heavy atom. The monoisotopic (exact) mass is 374 g/mol. The summed E-state index contributed by atoms with van der Waals surface area (Å²) in [4.78, 5) is 16.3. The summed E-state index contributed by atoms with van der Waals surface area (Å²) >= 11 is -1.61. The van der Waals surface area contributed by atoms with E-state index in [9.17, 15) is 9.00 Å². The highest BCUT2D eigenvalue weighted by Gasteiger charge is 2.17. The van der Waals surface area contributed by atoms with Crippen molar-refractivity contribution >= 4 is 22.8 Å². The number of aryl methyl sites for hydroxylation is 2. The van der Waals surface area contributed by atoms with Crippen molar-refractivity contribution in [2.45, 2.75) is 32.6 Å². The highest BCUT2D eigenvalue weighted by atomic mass is 32.2. The first kappa shape index (κ1) is 20.0. The fourth-order valence-corrected chi connectivity index (χ4v) is 3.35. The number of anilines is 1. The van der Waals surface area contributed by atoms with Crippen LogP contribution in [0.1, 0.15) is 25.0 Å². The zero-order valence-corrected chi connectivity index (χ0v) is 16.8. The molecule has 6 heteroatoms. The number of amides is 2. The molecule has 5 nitrogen and oxygen atoms in total. The average molecular weight is 375 g/mol. The zero-order valence-electron chi connectivity index (χ0n) is 16.0. The van der Waals surface area contributed by atoms with Gasteiger partial charge in [0.25, 0.3) is 0 Å². The third kappa shape index (κ3) is 4.85. The predicted molar refractivity (Wildman–Crippen MR) is 106 cm³/mol. The molecule has 0 saturated carbocycles. The summed E-state index contributed by atoms with van der Waals surface area (Å²) < 4.78 is 18.1. The number of nitrogens with zero attached hydrogens (tertiary/aromatic N) is 2. The van der Waals surface area contributed by atoms with Crippen molar-refractivity contribution in [2.75, 3.05) is 25.0 Å². The molecule has 1 unspecified atom stereocenters. The van der Waals surface area contributed by atoms with E-state index in [1.807, 2.05) is 45.9 Å². The normalized spacial score (nSPS) is 11.7. The molecule has 0 N–H and O–H groups in total. The zero-order chi connectivity index (χ0) is 19.3. The van der Waals surface area contributed by atoms with Crippen LogP contribution in [-0.4, -0.2) is 35.3 Å². The summed E-state index contributed by atoms with van der Waals surface area (Å²) in [5, 5.41) is 0. The van der Waals surface area contributed by atoms with Crippen molar-refractivity contribution in [1.29, 1.82) is 0 Å². The van der Waals surface area contributed by atoms with Gasteiger partial charge in [-0.3, -0.25) is 4.90 Å². The van der Waals surface area contributed by atoms with Gasteiger partial charge in [0.05, 0.1) is 4.90 Å². The number of carbonyl (C=O) groups excluding carboxylic acids is 1. The van der Waals surface area contributed by atoms with Crippen molar-refractivity contribution < 1.29 is 13.2 Å². The molecule has 2 amide bonds. The molecule has 0 aliphatic carbocycles. The third-order valence-corrected chi connectivity index (χ3v) is 5.06. The summed E-state index contributed by atoms with van der Waals surface area (Å²) in [6.45, 7) is 9.01. The minimum atomic E-state index is -1.61. The molecular formula is C20H26N2O3S. The molecule has 0 heterocycles. The Bertz CT molecular complexity index is 770. The Balaban J connectivity index is 2.15. The number of urea groups is 1. The Kier molecular flexibility index (Phi) is 6.80. The van der Waals surface area contributed by atoms with Gasteiger partial charge in [-0.05, 0) is 75.2 Å². The van der Waals surface area contributed by atoms with Gasteiger partial charge in [-0.2, -0.15) is 0 Å². The van der Waals surface area contributed by atoms with E-state index in [2.05, 4.69) is 0 Å². The van der Waals surface area contributed by atoms with Crippen LogP contribution < -0.4 is 9.08 Å². The molecule has 0 spiro atoms. The second-order valence-electron chi connectivity index (χ2n) is 6.18. The Morgan fingerprint density at radius 1 is 1.00 bits per heavy atom. The average Bonchev–Trinajstić information content (AvgIpc) is 2.61. The molecule has 0 bridgehead atoms. The van der Waals surface area contributed by atoms with Crippen LogP contribution in [0.25, 0.3) is 0 Å². The minimum Gasteiger partial charge on any atom is -0.397 e. The Morgan fingerprint density at radius 3 is 2.08 bits per heavy atom. The number of hydrogen-bond acceptors (Lipinski definition) is 3. The fourth-order valence-electron chi connectivity index (χ4n) is 2.62. The Hall–Kier alpha value is -2.34. The van der Waals surface area contributed by atoms with Crippen molar-refractivity contribution in [3.8, 4) is 5.75 Å². The van der Waals surface area contributed by atoms with E-state index in [1.165, 1.54) is 0 Å². The molecule has 2 rings (SSSR count). The maximum atomic E-state index is 12.5. The summed E-state index contributed by atoms with van der Waals surface area (Å²) in [5.41, 5.74) is 2.89. The van der Waals surface area contributed by atoms with E-state index >= 15 is 0 Å². The van der Waals surface area contributed by atoms with Crippen molar-refractivity contribution in [3.05, 3.63) is 53.6 Å². The Labute approximate surface area is 158 Å². The first-order valence-corrected chi connectivity index (χ1v) is 9.74. The van der Waals surface area contributed by atoms with E-state index in [-0.39, 0.29) is 6.03 Å². The lowest BCUT2D eigenvalue weighted by Crippen LogP contribution is -2.41. The summed E-state index contributed by atoms with van der Waals surface area (Å²) in [5.74, 6) is 0.583. The molecule has 0 aromatic heterocycles. The lowest BCUT2D eigenvalue weighted by atomic mass is 10.1. The van der Waals surface area contributed by atoms with E-state index in [0.717, 1.165) is 16.8 Å². The number of rotatable bonds is 6. The van der Waals surface area contributed by atoms with Crippen LogP contribution in [0, 0.1) is 13.8 Å². The van der Waals surface area contributed by atoms with E-state index < -0.39 is 11.1 Å². The van der Waals surface area contributed by atoms with Gasteiger partial charge < -0.3 is 9.08 Å². The third-order valence-electron chi connectivity index (χ3n) is 4.06. The van der Waals surface area contributed by atoms with Gasteiger partial charge in [0.15, 0.2) is 0 Å². The van der Waals surface area contributed by atoms with Gasteiger partial charge in [-0.15, -0.1) is 0 Å². The molecule has 0 aliphatic heterocycles. The van der Waals surface area contributed by atoms with Crippen LogP contribution in [-0.2, 0) is 11.1 Å². The largest absolute Gasteiger partial charge is 0.397 e. The van der Waals surface area contributed by atoms with Gasteiger partial charge in [0.1, 0.15) is 5.75 Å². The quantitative estimate of drug-likeness (QED) is 0.757. The lowest BCUT2D eigenvalue weighted by Gasteiger charge is -2.26. The summed E-state index contributed by atoms with van der Waals surface area (Å²) in [6, 6.07) is 12.7. The van der Waals surface area contributed by atoms with Gasteiger partial charge in [-0.25, -0.2) is 9.00 Å². The second-order valence-corrected chi connectivity index (χ2v) is 7.28. The van der Waals surface area contributed by atoms with E-state index in [4.69, 9.17) is 4.18 Å². The molecular weight excluding hydrogens is 348 g/mol. The second kappa shape index (κ2) is 8.85. The van der Waals surface area contributed by atoms with E-state index in [1.54, 1.807) is 41.1 Å². The molecule has 1 atom stereocenters. The van der Waals surface area contributed by atoms with Gasteiger partial charge in [0.2, 0.25) is 11.1 Å². The molecule has 26 heavy (non-hydrogen) atoms. The predicted octanol–water partition coefficient (Wildman–Crippen LogP) is 4.30. The fraction of sp³-hybridized carbons (Fsp3) is 0.350. The van der Waals surface area contributed by atoms with E-state index in [0.29, 0.717) is 23.7 Å². The van der Waals surface area contributed by atoms with Gasteiger partial charge in [0, 0.05) is 25.8 Å². The molecule has 0 radical (unpaired) electrons. The van der Waals surface area contributed by atoms with Crippen LogP contribution >= 0.6 is 0 Å². The molecule has 0 fully saturated rings. The first-order chi connectivity index (χ1) is 12.3. The van der Waals surface area contributed by atoms with Crippen LogP contribution in [0.3, 0.4) is 0 Å². The lowest BCUT2D eigenvalue weighted by molar-refractivity contribution is 0.218. The molecule has 140 valence electrons. The maximum absolute atomic E-state index is 12.5. The number of hydrogen-bond donors (Lipinski definition) is 0.